The molecule has 4 heteroatoms. The van der Waals surface area contributed by atoms with Gasteiger partial charge >= 0.3 is 0 Å². The lowest BCUT2D eigenvalue weighted by Crippen LogP contribution is -2.08. The van der Waals surface area contributed by atoms with Crippen LogP contribution in [0.25, 0.3) is 0 Å². The highest BCUT2D eigenvalue weighted by molar-refractivity contribution is 5.85. The molecule has 0 aliphatic carbocycles. The van der Waals surface area contributed by atoms with Crippen molar-refractivity contribution in [2.75, 3.05) is 14.2 Å². The molecule has 0 spiro atoms. The van der Waals surface area contributed by atoms with Crippen molar-refractivity contribution in [2.45, 2.75) is 0 Å². The number of rotatable bonds is 3. The van der Waals surface area contributed by atoms with Crippen molar-refractivity contribution in [1.82, 2.24) is 0 Å². The number of carbonyl (C=O) groups is 1. The van der Waals surface area contributed by atoms with E-state index in [-0.39, 0.29) is 5.95 Å². The number of hydrogen-bond acceptors (Lipinski definition) is 3. The Kier molecular flexibility index (Phi) is 3.27. The summed E-state index contributed by atoms with van der Waals surface area (Å²) in [5.74, 6) is -0.476. The van der Waals surface area contributed by atoms with Crippen LogP contribution in [0.5, 0.6) is 0 Å². The van der Waals surface area contributed by atoms with Crippen LogP contribution in [0.2, 0.25) is 0 Å². The summed E-state index contributed by atoms with van der Waals surface area (Å²) in [5.41, 5.74) is 4.77. The second-order valence-corrected chi connectivity index (χ2v) is 1.27. The summed E-state index contributed by atoms with van der Waals surface area (Å²) in [6.07, 6.45) is 1.06. The summed E-state index contributed by atoms with van der Waals surface area (Å²) in [6.45, 7) is 0. The first-order valence-electron chi connectivity index (χ1n) is 2.29. The van der Waals surface area contributed by atoms with Crippen molar-refractivity contribution in [1.29, 1.82) is 0 Å². The fourth-order valence-electron chi connectivity index (χ4n) is 0.317. The molecule has 0 aromatic heterocycles. The Bertz CT molecular complexity index is 124. The molecule has 0 rings (SSSR count). The summed E-state index contributed by atoms with van der Waals surface area (Å²) >= 11 is 0. The number of carbonyl (C=O) groups excluding carboxylic acids is 1. The van der Waals surface area contributed by atoms with E-state index >= 15 is 0 Å². The molecule has 0 saturated carbocycles. The molecule has 0 radical (unpaired) electrons. The average Bonchev–Trinajstić information content (AvgIpc) is 1.82. The Morgan fingerprint density at radius 1 is 1.44 bits per heavy atom. The lowest BCUT2D eigenvalue weighted by Gasteiger charge is -2.00. The van der Waals surface area contributed by atoms with E-state index in [4.69, 9.17) is 5.73 Å². The van der Waals surface area contributed by atoms with Gasteiger partial charge < -0.3 is 15.2 Å². The molecule has 0 aromatic carbocycles. The molecule has 0 aromatic rings. The van der Waals surface area contributed by atoms with Gasteiger partial charge in [-0.25, -0.2) is 0 Å². The van der Waals surface area contributed by atoms with Gasteiger partial charge in [-0.15, -0.1) is 0 Å². The fraction of sp³-hybridized carbons (Fsp3) is 0.400. The lowest BCUT2D eigenvalue weighted by atomic mass is 10.6. The third-order valence-corrected chi connectivity index (χ3v) is 0.662. The van der Waals surface area contributed by atoms with Gasteiger partial charge in [0.2, 0.25) is 5.91 Å². The maximum absolute atomic E-state index is 10.1. The number of primary amides is 1. The zero-order chi connectivity index (χ0) is 7.28. The molecule has 0 aliphatic rings. The Hall–Kier alpha value is -1.19. The first kappa shape index (κ1) is 7.81. The number of amides is 1. The normalized spacial score (nSPS) is 7.78. The molecule has 52 valence electrons. The van der Waals surface area contributed by atoms with Crippen LogP contribution in [0.3, 0.4) is 0 Å². The van der Waals surface area contributed by atoms with Gasteiger partial charge in [-0.1, -0.05) is 0 Å². The van der Waals surface area contributed by atoms with Crippen molar-refractivity contribution in [3.05, 3.63) is 12.0 Å². The van der Waals surface area contributed by atoms with Crippen LogP contribution < -0.4 is 5.73 Å². The summed E-state index contributed by atoms with van der Waals surface area (Å²) in [5, 5.41) is 0. The van der Waals surface area contributed by atoms with E-state index in [0.717, 1.165) is 6.08 Å². The predicted octanol–water partition coefficient (Wildman–Crippen LogP) is -0.394. The van der Waals surface area contributed by atoms with Crippen LogP contribution in [-0.2, 0) is 14.3 Å². The van der Waals surface area contributed by atoms with Crippen LogP contribution in [0.4, 0.5) is 0 Å². The largest absolute Gasteiger partial charge is 0.469 e. The van der Waals surface area contributed by atoms with Gasteiger partial charge in [0.1, 0.15) is 0 Å². The summed E-state index contributed by atoms with van der Waals surface area (Å²) in [4.78, 5) is 10.1. The molecular formula is C5H9NO3. The molecule has 0 bridgehead atoms. The minimum atomic E-state index is -0.589. The van der Waals surface area contributed by atoms with Crippen LogP contribution in [0, 0.1) is 0 Å². The van der Waals surface area contributed by atoms with Crippen molar-refractivity contribution in [2.24, 2.45) is 5.73 Å². The third kappa shape index (κ3) is 3.40. The number of hydrogen-bond donors (Lipinski definition) is 1. The molecule has 1 amide bonds. The second-order valence-electron chi connectivity index (χ2n) is 1.27. The van der Waals surface area contributed by atoms with Gasteiger partial charge in [-0.2, -0.15) is 0 Å². The van der Waals surface area contributed by atoms with E-state index < -0.39 is 5.91 Å². The van der Waals surface area contributed by atoms with Gasteiger partial charge in [0.15, 0.2) is 0 Å². The Labute approximate surface area is 53.2 Å². The minimum absolute atomic E-state index is 0.113. The molecule has 0 heterocycles. The predicted molar refractivity (Wildman–Crippen MR) is 31.3 cm³/mol. The van der Waals surface area contributed by atoms with Crippen LogP contribution >= 0.6 is 0 Å². The summed E-state index contributed by atoms with van der Waals surface area (Å²) in [6, 6.07) is 0. The van der Waals surface area contributed by atoms with E-state index in [0.29, 0.717) is 0 Å². The first-order valence-corrected chi connectivity index (χ1v) is 2.29. The van der Waals surface area contributed by atoms with Crippen molar-refractivity contribution in [3.63, 3.8) is 0 Å². The molecule has 0 saturated heterocycles. The van der Waals surface area contributed by atoms with Gasteiger partial charge in [-0.05, 0) is 0 Å². The van der Waals surface area contributed by atoms with Gasteiger partial charge in [0.25, 0.3) is 5.95 Å². The molecule has 2 N–H and O–H groups in total. The summed E-state index contributed by atoms with van der Waals surface area (Å²) < 4.78 is 9.10. The topological polar surface area (TPSA) is 61.5 Å². The highest BCUT2D eigenvalue weighted by atomic mass is 16.7. The monoisotopic (exact) mass is 131 g/mol. The van der Waals surface area contributed by atoms with Crippen molar-refractivity contribution in [3.8, 4) is 0 Å². The average molecular weight is 131 g/mol. The van der Waals surface area contributed by atoms with Crippen LogP contribution in [-0.4, -0.2) is 20.1 Å². The first-order chi connectivity index (χ1) is 4.20. The Balaban J connectivity index is 3.91. The van der Waals surface area contributed by atoms with E-state index in [9.17, 15) is 4.79 Å². The van der Waals surface area contributed by atoms with Crippen molar-refractivity contribution >= 4 is 5.91 Å². The van der Waals surface area contributed by atoms with Gasteiger partial charge in [0, 0.05) is 0 Å². The Morgan fingerprint density at radius 2 is 1.89 bits per heavy atom. The number of methoxy groups -OCH3 is 2. The Morgan fingerprint density at radius 3 is 2.00 bits per heavy atom. The summed E-state index contributed by atoms with van der Waals surface area (Å²) in [7, 11) is 2.77. The number of ether oxygens (including phenoxy) is 2. The van der Waals surface area contributed by atoms with Crippen molar-refractivity contribution < 1.29 is 14.3 Å². The van der Waals surface area contributed by atoms with Crippen LogP contribution in [0.1, 0.15) is 0 Å². The van der Waals surface area contributed by atoms with E-state index in [1.165, 1.54) is 14.2 Å². The fourth-order valence-corrected chi connectivity index (χ4v) is 0.317. The highest BCUT2D eigenvalue weighted by Crippen LogP contribution is 1.92. The standard InChI is InChI=1S/C5H9NO3/c1-8-5(9-2)3-4(6)7/h3H,1-2H3,(H2,6,7). The molecule has 4 nitrogen and oxygen atoms in total. The van der Waals surface area contributed by atoms with Gasteiger partial charge in [-0.3, -0.25) is 4.79 Å². The quantitative estimate of drug-likeness (QED) is 0.419. The molecule has 9 heavy (non-hydrogen) atoms. The smallest absolute Gasteiger partial charge is 0.284 e. The molecule has 0 atom stereocenters. The third-order valence-electron chi connectivity index (χ3n) is 0.662. The molecular weight excluding hydrogens is 122 g/mol. The number of nitrogens with two attached hydrogens (primary N) is 1. The SMILES string of the molecule is COC(=CC(N)=O)OC. The lowest BCUT2D eigenvalue weighted by molar-refractivity contribution is -0.114. The van der Waals surface area contributed by atoms with E-state index in [2.05, 4.69) is 9.47 Å². The molecule has 0 aliphatic heterocycles. The van der Waals surface area contributed by atoms with Crippen LogP contribution in [0.15, 0.2) is 12.0 Å². The van der Waals surface area contributed by atoms with E-state index in [1.54, 1.807) is 0 Å². The van der Waals surface area contributed by atoms with Gasteiger partial charge in [0.05, 0.1) is 20.3 Å². The highest BCUT2D eigenvalue weighted by Gasteiger charge is 1.94. The zero-order valence-electron chi connectivity index (χ0n) is 5.38. The molecule has 0 unspecified atom stereocenters. The maximum atomic E-state index is 10.1. The zero-order valence-corrected chi connectivity index (χ0v) is 5.38. The minimum Gasteiger partial charge on any atom is -0.469 e. The molecule has 0 fully saturated rings. The second kappa shape index (κ2) is 3.77. The van der Waals surface area contributed by atoms with E-state index in [1.807, 2.05) is 0 Å². The maximum Gasteiger partial charge on any atom is 0.284 e.